The topological polar surface area (TPSA) is 76.7 Å². The van der Waals surface area contributed by atoms with Gasteiger partial charge in [0, 0.05) is 24.4 Å². The van der Waals surface area contributed by atoms with Crippen LogP contribution >= 0.6 is 0 Å². The third-order valence-electron chi connectivity index (χ3n) is 4.65. The van der Waals surface area contributed by atoms with Crippen LogP contribution in [-0.4, -0.2) is 37.7 Å². The van der Waals surface area contributed by atoms with E-state index in [1.807, 2.05) is 24.3 Å². The van der Waals surface area contributed by atoms with Crippen LogP contribution in [-0.2, 0) is 16.0 Å². The minimum absolute atomic E-state index is 0.0743. The smallest absolute Gasteiger partial charge is 0.262 e. The minimum atomic E-state index is -0.254. The Morgan fingerprint density at radius 1 is 1.11 bits per heavy atom. The van der Waals surface area contributed by atoms with Crippen molar-refractivity contribution in [3.63, 3.8) is 0 Å². The molecule has 6 heteroatoms. The van der Waals surface area contributed by atoms with E-state index in [9.17, 15) is 9.59 Å². The van der Waals surface area contributed by atoms with Crippen molar-refractivity contribution in [2.45, 2.75) is 32.3 Å². The van der Waals surface area contributed by atoms with Gasteiger partial charge in [-0.3, -0.25) is 9.59 Å². The lowest BCUT2D eigenvalue weighted by Gasteiger charge is -2.11. The van der Waals surface area contributed by atoms with E-state index in [1.165, 1.54) is 5.56 Å². The number of ether oxygens (including phenoxy) is 2. The number of nitrogens with one attached hydrogen (secondary N) is 2. The Bertz CT molecular complexity index is 781. The number of anilines is 1. The maximum atomic E-state index is 12.2. The van der Waals surface area contributed by atoms with Crippen LogP contribution < -0.4 is 15.4 Å². The Morgan fingerprint density at radius 3 is 2.50 bits per heavy atom. The number of amides is 2. The van der Waals surface area contributed by atoms with Crippen molar-refractivity contribution < 1.29 is 19.1 Å². The summed E-state index contributed by atoms with van der Waals surface area (Å²) in [5, 5.41) is 5.64. The van der Waals surface area contributed by atoms with Gasteiger partial charge >= 0.3 is 0 Å². The highest BCUT2D eigenvalue weighted by Crippen LogP contribution is 2.14. The molecule has 1 unspecified atom stereocenters. The molecule has 0 aromatic heterocycles. The summed E-state index contributed by atoms with van der Waals surface area (Å²) >= 11 is 0. The van der Waals surface area contributed by atoms with E-state index in [-0.39, 0.29) is 24.5 Å². The second-order valence-corrected chi connectivity index (χ2v) is 6.76. The van der Waals surface area contributed by atoms with E-state index in [1.54, 1.807) is 24.3 Å². The van der Waals surface area contributed by atoms with Gasteiger partial charge in [-0.25, -0.2) is 0 Å². The average Bonchev–Trinajstić information content (AvgIpc) is 3.25. The molecule has 148 valence electrons. The molecular formula is C22H26N2O4. The van der Waals surface area contributed by atoms with Gasteiger partial charge in [0.1, 0.15) is 5.75 Å². The lowest BCUT2D eigenvalue weighted by atomic mass is 10.2. The average molecular weight is 382 g/mol. The largest absolute Gasteiger partial charge is 0.484 e. The number of hydrogen-bond acceptors (Lipinski definition) is 4. The van der Waals surface area contributed by atoms with Crippen molar-refractivity contribution in [3.8, 4) is 5.75 Å². The molecule has 1 aliphatic heterocycles. The van der Waals surface area contributed by atoms with Crippen molar-refractivity contribution in [1.82, 2.24) is 5.32 Å². The fraction of sp³-hybridized carbons (Fsp3) is 0.364. The molecule has 0 spiro atoms. The van der Waals surface area contributed by atoms with E-state index in [0.29, 0.717) is 23.5 Å². The monoisotopic (exact) mass is 382 g/mol. The van der Waals surface area contributed by atoms with Gasteiger partial charge in [0.2, 0.25) is 0 Å². The molecule has 2 aromatic rings. The lowest BCUT2D eigenvalue weighted by molar-refractivity contribution is -0.118. The van der Waals surface area contributed by atoms with Gasteiger partial charge in [0.25, 0.3) is 11.8 Å². The molecule has 2 amide bonds. The fourth-order valence-electron chi connectivity index (χ4n) is 2.99. The van der Waals surface area contributed by atoms with Crippen molar-refractivity contribution in [1.29, 1.82) is 0 Å². The molecule has 1 aliphatic rings. The second kappa shape index (κ2) is 9.90. The third kappa shape index (κ3) is 5.82. The van der Waals surface area contributed by atoms with Crippen LogP contribution in [0.15, 0.2) is 48.5 Å². The first-order valence-electron chi connectivity index (χ1n) is 9.65. The van der Waals surface area contributed by atoms with Gasteiger partial charge in [-0.15, -0.1) is 0 Å². The van der Waals surface area contributed by atoms with Crippen LogP contribution in [0.5, 0.6) is 5.75 Å². The highest BCUT2D eigenvalue weighted by molar-refractivity contribution is 5.96. The van der Waals surface area contributed by atoms with Gasteiger partial charge < -0.3 is 20.1 Å². The Hall–Kier alpha value is -2.86. The molecule has 0 bridgehead atoms. The van der Waals surface area contributed by atoms with Gasteiger partial charge in [-0.2, -0.15) is 0 Å². The lowest BCUT2D eigenvalue weighted by Crippen LogP contribution is -2.31. The first kappa shape index (κ1) is 19.9. The van der Waals surface area contributed by atoms with E-state index < -0.39 is 0 Å². The van der Waals surface area contributed by atoms with E-state index in [0.717, 1.165) is 25.9 Å². The molecule has 6 nitrogen and oxygen atoms in total. The highest BCUT2D eigenvalue weighted by atomic mass is 16.5. The predicted octanol–water partition coefficient (Wildman–Crippen LogP) is 3.18. The number of aryl methyl sites for hydroxylation is 1. The predicted molar refractivity (Wildman–Crippen MR) is 108 cm³/mol. The van der Waals surface area contributed by atoms with Crippen molar-refractivity contribution in [3.05, 3.63) is 59.7 Å². The van der Waals surface area contributed by atoms with Crippen molar-refractivity contribution in [2.24, 2.45) is 0 Å². The first-order chi connectivity index (χ1) is 13.6. The fourth-order valence-corrected chi connectivity index (χ4v) is 2.99. The Kier molecular flexibility index (Phi) is 7.03. The quantitative estimate of drug-likeness (QED) is 0.735. The number of benzene rings is 2. The van der Waals surface area contributed by atoms with Crippen LogP contribution in [0.1, 0.15) is 35.7 Å². The number of carbonyl (C=O) groups is 2. The first-order valence-corrected chi connectivity index (χ1v) is 9.65. The maximum Gasteiger partial charge on any atom is 0.262 e. The Balaban J connectivity index is 1.43. The molecule has 0 radical (unpaired) electrons. The molecule has 2 aromatic carbocycles. The number of hydrogen-bond donors (Lipinski definition) is 2. The third-order valence-corrected chi connectivity index (χ3v) is 4.65. The van der Waals surface area contributed by atoms with Crippen LogP contribution in [0, 0.1) is 0 Å². The van der Waals surface area contributed by atoms with Crippen LogP contribution in [0.4, 0.5) is 5.69 Å². The summed E-state index contributed by atoms with van der Waals surface area (Å²) < 4.78 is 11.0. The highest BCUT2D eigenvalue weighted by Gasteiger charge is 2.16. The minimum Gasteiger partial charge on any atom is -0.484 e. The second-order valence-electron chi connectivity index (χ2n) is 6.76. The van der Waals surface area contributed by atoms with Gasteiger partial charge in [0.15, 0.2) is 6.61 Å². The Labute approximate surface area is 165 Å². The van der Waals surface area contributed by atoms with E-state index in [4.69, 9.17) is 9.47 Å². The molecular weight excluding hydrogens is 356 g/mol. The normalized spacial score (nSPS) is 15.8. The summed E-state index contributed by atoms with van der Waals surface area (Å²) in [6.07, 6.45) is 3.10. The summed E-state index contributed by atoms with van der Waals surface area (Å²) in [7, 11) is 0. The summed E-state index contributed by atoms with van der Waals surface area (Å²) in [5.74, 6) is 0.257. The maximum absolute atomic E-state index is 12.2. The summed E-state index contributed by atoms with van der Waals surface area (Å²) in [6.45, 7) is 3.30. The van der Waals surface area contributed by atoms with Gasteiger partial charge in [-0.1, -0.05) is 19.1 Å². The summed E-state index contributed by atoms with van der Waals surface area (Å²) in [5.41, 5.74) is 2.38. The molecule has 28 heavy (non-hydrogen) atoms. The summed E-state index contributed by atoms with van der Waals surface area (Å²) in [4.78, 5) is 24.2. The van der Waals surface area contributed by atoms with Gasteiger partial charge in [0.05, 0.1) is 6.10 Å². The van der Waals surface area contributed by atoms with Gasteiger partial charge in [-0.05, 0) is 61.2 Å². The SMILES string of the molecule is CCc1ccc(OCC(=O)Nc2ccc(C(=O)NCC3CCCO3)cc2)cc1. The molecule has 1 saturated heterocycles. The van der Waals surface area contributed by atoms with E-state index >= 15 is 0 Å². The standard InChI is InChI=1S/C22H26N2O4/c1-2-16-5-11-19(12-6-16)28-15-21(25)24-18-9-7-17(8-10-18)22(26)23-14-20-4-3-13-27-20/h5-12,20H,2-4,13-15H2,1H3,(H,23,26)(H,24,25). The molecule has 2 N–H and O–H groups in total. The molecule has 1 atom stereocenters. The number of rotatable bonds is 8. The molecule has 0 aliphatic carbocycles. The van der Waals surface area contributed by atoms with Crippen LogP contribution in [0.3, 0.4) is 0 Å². The summed E-state index contributed by atoms with van der Waals surface area (Å²) in [6, 6.07) is 14.5. The zero-order chi connectivity index (χ0) is 19.8. The zero-order valence-corrected chi connectivity index (χ0v) is 16.1. The van der Waals surface area contributed by atoms with Crippen molar-refractivity contribution >= 4 is 17.5 Å². The molecule has 1 heterocycles. The van der Waals surface area contributed by atoms with Crippen molar-refractivity contribution in [2.75, 3.05) is 25.1 Å². The molecule has 3 rings (SSSR count). The van der Waals surface area contributed by atoms with Crippen LogP contribution in [0.25, 0.3) is 0 Å². The molecule has 1 fully saturated rings. The number of carbonyl (C=O) groups excluding carboxylic acids is 2. The zero-order valence-electron chi connectivity index (χ0n) is 16.1. The Morgan fingerprint density at radius 2 is 1.86 bits per heavy atom. The molecule has 0 saturated carbocycles. The van der Waals surface area contributed by atoms with Crippen LogP contribution in [0.2, 0.25) is 0 Å². The van der Waals surface area contributed by atoms with E-state index in [2.05, 4.69) is 17.6 Å².